The number of nitrogens with two attached hydrogens (primary N) is 1. The molecule has 15 heavy (non-hydrogen) atoms. The zero-order valence-electron chi connectivity index (χ0n) is 9.57. The molecule has 2 N–H and O–H groups in total. The van der Waals surface area contributed by atoms with Crippen LogP contribution < -0.4 is 5.73 Å². The second-order valence-corrected chi connectivity index (χ2v) is 5.40. The number of ether oxygens (including phenoxy) is 1. The van der Waals surface area contributed by atoms with Gasteiger partial charge in [0.05, 0.1) is 12.9 Å². The van der Waals surface area contributed by atoms with Crippen molar-refractivity contribution in [2.75, 3.05) is 12.9 Å². The van der Waals surface area contributed by atoms with E-state index in [1.807, 2.05) is 0 Å². The monoisotopic (exact) mass is 231 g/mol. The standard InChI is InChI=1S/C11H21NO2S/c1-3-8-4-5-9(12)10(6-8)15-7-11(13)14-2/h8-10H,3-7,12H2,1-2H3. The number of hydrogen-bond donors (Lipinski definition) is 1. The Morgan fingerprint density at radius 3 is 2.87 bits per heavy atom. The first-order valence-corrected chi connectivity index (χ1v) is 6.66. The van der Waals surface area contributed by atoms with Crippen LogP contribution in [-0.4, -0.2) is 30.1 Å². The Morgan fingerprint density at radius 1 is 1.53 bits per heavy atom. The molecule has 0 amide bonds. The minimum atomic E-state index is -0.147. The minimum Gasteiger partial charge on any atom is -0.468 e. The number of carbonyl (C=O) groups excluding carboxylic acids is 1. The van der Waals surface area contributed by atoms with Crippen LogP contribution in [0.25, 0.3) is 0 Å². The molecule has 0 aromatic rings. The molecule has 0 spiro atoms. The fraction of sp³-hybridized carbons (Fsp3) is 0.909. The summed E-state index contributed by atoms with van der Waals surface area (Å²) in [6.45, 7) is 2.23. The number of thioether (sulfide) groups is 1. The summed E-state index contributed by atoms with van der Waals surface area (Å²) >= 11 is 1.66. The van der Waals surface area contributed by atoms with E-state index in [1.54, 1.807) is 11.8 Å². The molecule has 1 saturated carbocycles. The molecule has 0 bridgehead atoms. The predicted molar refractivity (Wildman–Crippen MR) is 63.9 cm³/mol. The highest BCUT2D eigenvalue weighted by molar-refractivity contribution is 8.00. The Morgan fingerprint density at radius 2 is 2.27 bits per heavy atom. The van der Waals surface area contributed by atoms with Gasteiger partial charge in [0.15, 0.2) is 0 Å². The number of methoxy groups -OCH3 is 1. The van der Waals surface area contributed by atoms with Crippen LogP contribution in [0.4, 0.5) is 0 Å². The zero-order chi connectivity index (χ0) is 11.3. The molecule has 1 aliphatic carbocycles. The molecule has 0 radical (unpaired) electrons. The number of hydrogen-bond acceptors (Lipinski definition) is 4. The van der Waals surface area contributed by atoms with Gasteiger partial charge in [0.2, 0.25) is 0 Å². The smallest absolute Gasteiger partial charge is 0.315 e. The van der Waals surface area contributed by atoms with Crippen LogP contribution in [0.15, 0.2) is 0 Å². The molecule has 1 fully saturated rings. The molecule has 0 aliphatic heterocycles. The molecule has 0 heterocycles. The summed E-state index contributed by atoms with van der Waals surface area (Å²) in [5.41, 5.74) is 6.05. The van der Waals surface area contributed by atoms with Crippen molar-refractivity contribution in [2.45, 2.75) is 43.9 Å². The average Bonchev–Trinajstić information content (AvgIpc) is 2.27. The molecular formula is C11H21NO2S. The van der Waals surface area contributed by atoms with Crippen molar-refractivity contribution >= 4 is 17.7 Å². The van der Waals surface area contributed by atoms with E-state index in [1.165, 1.54) is 20.0 Å². The minimum absolute atomic E-state index is 0.147. The fourth-order valence-corrected chi connectivity index (χ4v) is 3.29. The van der Waals surface area contributed by atoms with Crippen LogP contribution in [0.1, 0.15) is 32.6 Å². The molecule has 0 saturated heterocycles. The lowest BCUT2D eigenvalue weighted by atomic mass is 9.84. The van der Waals surface area contributed by atoms with Crippen molar-refractivity contribution in [3.8, 4) is 0 Å². The third-order valence-corrected chi connectivity index (χ3v) is 4.54. The Balaban J connectivity index is 2.34. The van der Waals surface area contributed by atoms with Gasteiger partial charge in [0.25, 0.3) is 0 Å². The van der Waals surface area contributed by atoms with Gasteiger partial charge >= 0.3 is 5.97 Å². The van der Waals surface area contributed by atoms with Gasteiger partial charge in [-0.15, -0.1) is 11.8 Å². The highest BCUT2D eigenvalue weighted by Gasteiger charge is 2.28. The first kappa shape index (κ1) is 12.8. The van der Waals surface area contributed by atoms with Gasteiger partial charge in [-0.3, -0.25) is 4.79 Å². The van der Waals surface area contributed by atoms with Crippen molar-refractivity contribution in [1.82, 2.24) is 0 Å². The van der Waals surface area contributed by atoms with Crippen molar-refractivity contribution in [2.24, 2.45) is 11.7 Å². The highest BCUT2D eigenvalue weighted by Crippen LogP contribution is 2.33. The van der Waals surface area contributed by atoms with E-state index >= 15 is 0 Å². The second kappa shape index (κ2) is 6.38. The normalized spacial score (nSPS) is 31.3. The lowest BCUT2D eigenvalue weighted by Crippen LogP contribution is -2.38. The number of esters is 1. The van der Waals surface area contributed by atoms with Crippen LogP contribution >= 0.6 is 11.8 Å². The molecule has 3 atom stereocenters. The summed E-state index contributed by atoms with van der Waals surface area (Å²) in [4.78, 5) is 11.0. The molecular weight excluding hydrogens is 210 g/mol. The number of rotatable bonds is 4. The molecule has 0 aromatic carbocycles. The maximum absolute atomic E-state index is 11.0. The first-order chi connectivity index (χ1) is 7.17. The van der Waals surface area contributed by atoms with Crippen LogP contribution in [0.2, 0.25) is 0 Å². The van der Waals surface area contributed by atoms with Gasteiger partial charge in [-0.25, -0.2) is 0 Å². The predicted octanol–water partition coefficient (Wildman–Crippen LogP) is 1.80. The summed E-state index contributed by atoms with van der Waals surface area (Å²) in [5, 5.41) is 0.433. The van der Waals surface area contributed by atoms with E-state index < -0.39 is 0 Å². The summed E-state index contributed by atoms with van der Waals surface area (Å²) in [7, 11) is 1.43. The summed E-state index contributed by atoms with van der Waals surface area (Å²) in [6, 6.07) is 0.252. The Hall–Kier alpha value is -0.220. The van der Waals surface area contributed by atoms with Gasteiger partial charge < -0.3 is 10.5 Å². The van der Waals surface area contributed by atoms with Gasteiger partial charge in [-0.1, -0.05) is 13.3 Å². The van der Waals surface area contributed by atoms with Gasteiger partial charge in [-0.05, 0) is 25.2 Å². The number of carbonyl (C=O) groups is 1. The molecule has 3 nitrogen and oxygen atoms in total. The topological polar surface area (TPSA) is 52.3 Å². The third-order valence-electron chi connectivity index (χ3n) is 3.17. The van der Waals surface area contributed by atoms with Crippen molar-refractivity contribution in [1.29, 1.82) is 0 Å². The molecule has 88 valence electrons. The lowest BCUT2D eigenvalue weighted by molar-refractivity contribution is -0.137. The van der Waals surface area contributed by atoms with Crippen LogP contribution in [-0.2, 0) is 9.53 Å². The van der Waals surface area contributed by atoms with Gasteiger partial charge in [0.1, 0.15) is 0 Å². The summed E-state index contributed by atoms with van der Waals surface area (Å²) < 4.78 is 4.63. The Labute approximate surface area is 96.1 Å². The van der Waals surface area contributed by atoms with Crippen molar-refractivity contribution in [3.63, 3.8) is 0 Å². The maximum Gasteiger partial charge on any atom is 0.315 e. The van der Waals surface area contributed by atoms with E-state index in [2.05, 4.69) is 11.7 Å². The quantitative estimate of drug-likeness (QED) is 0.750. The van der Waals surface area contributed by atoms with Crippen LogP contribution in [0.5, 0.6) is 0 Å². The fourth-order valence-electron chi connectivity index (χ4n) is 2.03. The molecule has 4 heteroatoms. The second-order valence-electron chi connectivity index (χ2n) is 4.18. The van der Waals surface area contributed by atoms with E-state index in [4.69, 9.17) is 5.73 Å². The first-order valence-electron chi connectivity index (χ1n) is 5.61. The highest BCUT2D eigenvalue weighted by atomic mass is 32.2. The largest absolute Gasteiger partial charge is 0.468 e. The SMILES string of the molecule is CCC1CCC(N)C(SCC(=O)OC)C1. The maximum atomic E-state index is 11.0. The van der Waals surface area contributed by atoms with Gasteiger partial charge in [0, 0.05) is 11.3 Å². The molecule has 3 unspecified atom stereocenters. The zero-order valence-corrected chi connectivity index (χ0v) is 10.4. The molecule has 1 aliphatic rings. The third kappa shape index (κ3) is 4.03. The summed E-state index contributed by atoms with van der Waals surface area (Å²) in [6.07, 6.45) is 4.71. The van der Waals surface area contributed by atoms with E-state index in [0.29, 0.717) is 11.0 Å². The Bertz CT molecular complexity index is 211. The van der Waals surface area contributed by atoms with Crippen molar-refractivity contribution < 1.29 is 9.53 Å². The summed E-state index contributed by atoms with van der Waals surface area (Å²) in [5.74, 6) is 1.08. The lowest BCUT2D eigenvalue weighted by Gasteiger charge is -2.33. The van der Waals surface area contributed by atoms with Gasteiger partial charge in [-0.2, -0.15) is 0 Å². The molecule has 0 aromatic heterocycles. The van der Waals surface area contributed by atoms with E-state index in [0.717, 1.165) is 18.8 Å². The van der Waals surface area contributed by atoms with Crippen LogP contribution in [0, 0.1) is 5.92 Å². The van der Waals surface area contributed by atoms with Crippen molar-refractivity contribution in [3.05, 3.63) is 0 Å². The average molecular weight is 231 g/mol. The van der Waals surface area contributed by atoms with Crippen LogP contribution in [0.3, 0.4) is 0 Å². The van der Waals surface area contributed by atoms with E-state index in [9.17, 15) is 4.79 Å². The molecule has 1 rings (SSSR count). The van der Waals surface area contributed by atoms with E-state index in [-0.39, 0.29) is 12.0 Å². The Kier molecular flexibility index (Phi) is 5.47.